The van der Waals surface area contributed by atoms with Gasteiger partial charge in [0.05, 0.1) is 31.0 Å². The Morgan fingerprint density at radius 1 is 0.906 bits per heavy atom. The van der Waals surface area contributed by atoms with E-state index < -0.39 is 5.97 Å². The Morgan fingerprint density at radius 2 is 1.66 bits per heavy atom. The van der Waals surface area contributed by atoms with Crippen LogP contribution in [0.1, 0.15) is 20.7 Å². The zero-order valence-corrected chi connectivity index (χ0v) is 17.6. The molecule has 0 fully saturated rings. The van der Waals surface area contributed by atoms with Crippen molar-refractivity contribution < 1.29 is 19.1 Å². The van der Waals surface area contributed by atoms with E-state index in [4.69, 9.17) is 9.47 Å². The van der Waals surface area contributed by atoms with Crippen molar-refractivity contribution in [2.45, 2.75) is 0 Å². The maximum absolute atomic E-state index is 13.3. The SMILES string of the molecule is COC(=O)c1cccc(NC(=O)c2cn(-c3ccccc3)nc2-c2ccccc2OC)c1. The third-order valence-corrected chi connectivity index (χ3v) is 4.88. The number of amides is 1. The molecule has 0 unspecified atom stereocenters. The molecule has 7 nitrogen and oxygen atoms in total. The average Bonchev–Trinajstić information content (AvgIpc) is 3.30. The topological polar surface area (TPSA) is 82.5 Å². The summed E-state index contributed by atoms with van der Waals surface area (Å²) in [5, 5.41) is 7.53. The zero-order chi connectivity index (χ0) is 22.5. The molecule has 0 aliphatic rings. The first-order chi connectivity index (χ1) is 15.6. The predicted octanol–water partition coefficient (Wildman–Crippen LogP) is 4.59. The molecule has 0 saturated heterocycles. The van der Waals surface area contributed by atoms with Crippen LogP contribution in [0.2, 0.25) is 0 Å². The van der Waals surface area contributed by atoms with Gasteiger partial charge in [0.25, 0.3) is 5.91 Å². The predicted molar refractivity (Wildman–Crippen MR) is 121 cm³/mol. The molecule has 0 aliphatic carbocycles. The van der Waals surface area contributed by atoms with E-state index in [1.165, 1.54) is 7.11 Å². The molecule has 1 heterocycles. The van der Waals surface area contributed by atoms with E-state index in [-0.39, 0.29) is 5.91 Å². The lowest BCUT2D eigenvalue weighted by Gasteiger charge is -2.09. The summed E-state index contributed by atoms with van der Waals surface area (Å²) in [5.41, 5.74) is 3.16. The standard InChI is InChI=1S/C25H21N3O4/c1-31-22-14-7-6-13-20(22)23-21(16-28(27-23)19-11-4-3-5-12-19)24(29)26-18-10-8-9-17(15-18)25(30)32-2/h3-16H,1-2H3,(H,26,29). The number of para-hydroxylation sites is 2. The molecule has 1 N–H and O–H groups in total. The van der Waals surface area contributed by atoms with E-state index in [9.17, 15) is 9.59 Å². The van der Waals surface area contributed by atoms with Crippen LogP contribution in [0.25, 0.3) is 16.9 Å². The van der Waals surface area contributed by atoms with Gasteiger partial charge in [-0.2, -0.15) is 5.10 Å². The number of methoxy groups -OCH3 is 2. The number of rotatable bonds is 6. The summed E-state index contributed by atoms with van der Waals surface area (Å²) in [4.78, 5) is 25.1. The molecule has 160 valence electrons. The number of hydrogen-bond donors (Lipinski definition) is 1. The van der Waals surface area contributed by atoms with Gasteiger partial charge < -0.3 is 14.8 Å². The average molecular weight is 427 g/mol. The van der Waals surface area contributed by atoms with Crippen molar-refractivity contribution in [1.29, 1.82) is 0 Å². The molecule has 1 amide bonds. The number of nitrogens with zero attached hydrogens (tertiary/aromatic N) is 2. The minimum absolute atomic E-state index is 0.343. The van der Waals surface area contributed by atoms with Gasteiger partial charge in [0.2, 0.25) is 0 Å². The molecule has 0 radical (unpaired) electrons. The Kier molecular flexibility index (Phi) is 5.98. The highest BCUT2D eigenvalue weighted by Crippen LogP contribution is 2.32. The molecule has 3 aromatic carbocycles. The second kappa shape index (κ2) is 9.18. The summed E-state index contributed by atoms with van der Waals surface area (Å²) in [7, 11) is 2.89. The van der Waals surface area contributed by atoms with Gasteiger partial charge in [-0.1, -0.05) is 36.4 Å². The summed E-state index contributed by atoms with van der Waals surface area (Å²) in [6, 6.07) is 23.5. The largest absolute Gasteiger partial charge is 0.496 e. The van der Waals surface area contributed by atoms with Crippen LogP contribution in [0.15, 0.2) is 85.1 Å². The van der Waals surface area contributed by atoms with E-state index >= 15 is 0 Å². The smallest absolute Gasteiger partial charge is 0.337 e. The van der Waals surface area contributed by atoms with Crippen molar-refractivity contribution in [3.63, 3.8) is 0 Å². The van der Waals surface area contributed by atoms with Crippen LogP contribution in [0.4, 0.5) is 5.69 Å². The molecule has 32 heavy (non-hydrogen) atoms. The van der Waals surface area contributed by atoms with Crippen LogP contribution in [-0.4, -0.2) is 35.9 Å². The minimum Gasteiger partial charge on any atom is -0.496 e. The Morgan fingerprint density at radius 3 is 2.41 bits per heavy atom. The number of nitrogens with one attached hydrogen (secondary N) is 1. The highest BCUT2D eigenvalue weighted by molar-refractivity contribution is 6.08. The molecule has 0 aliphatic heterocycles. The molecule has 1 aromatic heterocycles. The Hall–Kier alpha value is -4.39. The van der Waals surface area contributed by atoms with E-state index in [1.54, 1.807) is 42.3 Å². The van der Waals surface area contributed by atoms with Gasteiger partial charge in [0, 0.05) is 17.4 Å². The number of carbonyl (C=O) groups excluding carboxylic acids is 2. The molecular formula is C25H21N3O4. The quantitative estimate of drug-likeness (QED) is 0.455. The van der Waals surface area contributed by atoms with Gasteiger partial charge in [-0.3, -0.25) is 4.79 Å². The number of ether oxygens (including phenoxy) is 2. The molecule has 7 heteroatoms. The van der Waals surface area contributed by atoms with Gasteiger partial charge in [-0.15, -0.1) is 0 Å². The number of esters is 1. The van der Waals surface area contributed by atoms with Crippen LogP contribution in [0, 0.1) is 0 Å². The van der Waals surface area contributed by atoms with E-state index in [0.717, 1.165) is 5.69 Å². The zero-order valence-electron chi connectivity index (χ0n) is 17.6. The number of benzene rings is 3. The van der Waals surface area contributed by atoms with Gasteiger partial charge in [0.1, 0.15) is 11.4 Å². The fourth-order valence-corrected chi connectivity index (χ4v) is 3.33. The van der Waals surface area contributed by atoms with E-state index in [1.807, 2.05) is 54.6 Å². The number of aromatic nitrogens is 2. The first kappa shape index (κ1) is 20.9. The molecule has 0 saturated carbocycles. The fraction of sp³-hybridized carbons (Fsp3) is 0.0800. The van der Waals surface area contributed by atoms with Crippen LogP contribution in [0.5, 0.6) is 5.75 Å². The minimum atomic E-state index is -0.479. The highest BCUT2D eigenvalue weighted by atomic mass is 16.5. The van der Waals surface area contributed by atoms with Gasteiger partial charge in [-0.05, 0) is 42.5 Å². The van der Waals surface area contributed by atoms with Gasteiger partial charge >= 0.3 is 5.97 Å². The lowest BCUT2D eigenvalue weighted by Crippen LogP contribution is -2.13. The highest BCUT2D eigenvalue weighted by Gasteiger charge is 2.21. The summed E-state index contributed by atoms with van der Waals surface area (Å²) in [6.07, 6.45) is 1.68. The first-order valence-electron chi connectivity index (χ1n) is 9.89. The lowest BCUT2D eigenvalue weighted by atomic mass is 10.1. The second-order valence-electron chi connectivity index (χ2n) is 6.90. The second-order valence-corrected chi connectivity index (χ2v) is 6.90. The molecule has 4 aromatic rings. The van der Waals surface area contributed by atoms with Crippen molar-refractivity contribution in [2.75, 3.05) is 19.5 Å². The first-order valence-corrected chi connectivity index (χ1v) is 9.89. The maximum atomic E-state index is 13.3. The third-order valence-electron chi connectivity index (χ3n) is 4.88. The van der Waals surface area contributed by atoms with Crippen molar-refractivity contribution >= 4 is 17.6 Å². The normalized spacial score (nSPS) is 10.4. The van der Waals surface area contributed by atoms with Crippen molar-refractivity contribution in [1.82, 2.24) is 9.78 Å². The van der Waals surface area contributed by atoms with Crippen LogP contribution in [0.3, 0.4) is 0 Å². The van der Waals surface area contributed by atoms with Crippen molar-refractivity contribution in [3.8, 4) is 22.7 Å². The van der Waals surface area contributed by atoms with E-state index in [2.05, 4.69) is 10.4 Å². The Balaban J connectivity index is 1.76. The summed E-state index contributed by atoms with van der Waals surface area (Å²) in [6.45, 7) is 0. The number of hydrogen-bond acceptors (Lipinski definition) is 5. The van der Waals surface area contributed by atoms with E-state index in [0.29, 0.717) is 33.8 Å². The van der Waals surface area contributed by atoms with Crippen LogP contribution < -0.4 is 10.1 Å². The third kappa shape index (κ3) is 4.22. The summed E-state index contributed by atoms with van der Waals surface area (Å²) < 4.78 is 11.9. The summed E-state index contributed by atoms with van der Waals surface area (Å²) in [5.74, 6) is -0.240. The molecule has 0 atom stereocenters. The van der Waals surface area contributed by atoms with Crippen LogP contribution in [-0.2, 0) is 4.74 Å². The number of anilines is 1. The fourth-order valence-electron chi connectivity index (χ4n) is 3.33. The number of carbonyl (C=O) groups is 2. The van der Waals surface area contributed by atoms with Gasteiger partial charge in [-0.25, -0.2) is 9.48 Å². The van der Waals surface area contributed by atoms with Crippen molar-refractivity contribution in [2.24, 2.45) is 0 Å². The van der Waals surface area contributed by atoms with Gasteiger partial charge in [0.15, 0.2) is 0 Å². The Labute approximate surface area is 185 Å². The molecule has 0 spiro atoms. The molecule has 4 rings (SSSR count). The lowest BCUT2D eigenvalue weighted by molar-refractivity contribution is 0.0600. The maximum Gasteiger partial charge on any atom is 0.337 e. The molecule has 0 bridgehead atoms. The Bertz CT molecular complexity index is 1270. The summed E-state index contributed by atoms with van der Waals surface area (Å²) >= 11 is 0. The monoisotopic (exact) mass is 427 g/mol. The van der Waals surface area contributed by atoms with Crippen LogP contribution >= 0.6 is 0 Å². The van der Waals surface area contributed by atoms with Crippen molar-refractivity contribution in [3.05, 3.63) is 96.2 Å². The molecular weight excluding hydrogens is 406 g/mol.